The van der Waals surface area contributed by atoms with Crippen molar-refractivity contribution in [2.75, 3.05) is 12.3 Å². The van der Waals surface area contributed by atoms with Gasteiger partial charge in [0.05, 0.1) is 5.75 Å². The summed E-state index contributed by atoms with van der Waals surface area (Å²) in [6, 6.07) is 10.2. The summed E-state index contributed by atoms with van der Waals surface area (Å²) < 4.78 is 22.5. The van der Waals surface area contributed by atoms with Gasteiger partial charge < -0.3 is 5.32 Å². The van der Waals surface area contributed by atoms with Gasteiger partial charge in [-0.25, -0.2) is 8.42 Å². The Balaban J connectivity index is 1.86. The van der Waals surface area contributed by atoms with E-state index in [4.69, 9.17) is 0 Å². The standard InChI is InChI=1S/C13H17NO2S/c1-11(12-5-3-2-4-6-12)9-14-13-7-8-17(15,16)10-13/h2-8,11,13-14H,9-10H2,1H3. The fourth-order valence-corrected chi connectivity index (χ4v) is 3.20. The van der Waals surface area contributed by atoms with Gasteiger partial charge in [-0.3, -0.25) is 0 Å². The van der Waals surface area contributed by atoms with Crippen molar-refractivity contribution in [1.82, 2.24) is 5.32 Å². The summed E-state index contributed by atoms with van der Waals surface area (Å²) >= 11 is 0. The van der Waals surface area contributed by atoms with Crippen molar-refractivity contribution in [3.05, 3.63) is 47.4 Å². The maximum absolute atomic E-state index is 11.2. The van der Waals surface area contributed by atoms with Gasteiger partial charge >= 0.3 is 0 Å². The summed E-state index contributed by atoms with van der Waals surface area (Å²) in [5.74, 6) is 0.571. The van der Waals surface area contributed by atoms with E-state index >= 15 is 0 Å². The van der Waals surface area contributed by atoms with E-state index in [0.717, 1.165) is 6.54 Å². The van der Waals surface area contributed by atoms with Crippen LogP contribution >= 0.6 is 0 Å². The number of hydrogen-bond donors (Lipinski definition) is 1. The van der Waals surface area contributed by atoms with E-state index in [1.807, 2.05) is 18.2 Å². The molecule has 1 aromatic rings. The van der Waals surface area contributed by atoms with Crippen LogP contribution in [0.2, 0.25) is 0 Å². The summed E-state index contributed by atoms with van der Waals surface area (Å²) in [5.41, 5.74) is 1.27. The Labute approximate surface area is 102 Å². The molecule has 3 nitrogen and oxygen atoms in total. The van der Waals surface area contributed by atoms with Crippen LogP contribution in [-0.4, -0.2) is 26.8 Å². The highest BCUT2D eigenvalue weighted by Crippen LogP contribution is 2.14. The van der Waals surface area contributed by atoms with Gasteiger partial charge in [0.25, 0.3) is 0 Å². The Hall–Kier alpha value is -1.13. The Morgan fingerprint density at radius 1 is 1.35 bits per heavy atom. The molecule has 0 saturated heterocycles. The highest BCUT2D eigenvalue weighted by atomic mass is 32.2. The van der Waals surface area contributed by atoms with Gasteiger partial charge in [-0.15, -0.1) is 0 Å². The van der Waals surface area contributed by atoms with E-state index in [1.54, 1.807) is 6.08 Å². The molecular weight excluding hydrogens is 234 g/mol. The second-order valence-electron chi connectivity index (χ2n) is 4.48. The Bertz CT molecular complexity index is 493. The third kappa shape index (κ3) is 3.41. The molecule has 4 heteroatoms. The van der Waals surface area contributed by atoms with Crippen LogP contribution in [0.1, 0.15) is 18.4 Å². The fraction of sp³-hybridized carbons (Fsp3) is 0.385. The van der Waals surface area contributed by atoms with Gasteiger partial charge in [-0.2, -0.15) is 0 Å². The number of sulfone groups is 1. The first-order chi connectivity index (χ1) is 8.07. The molecule has 17 heavy (non-hydrogen) atoms. The molecule has 0 amide bonds. The molecule has 0 fully saturated rings. The van der Waals surface area contributed by atoms with Crippen LogP contribution in [0.25, 0.3) is 0 Å². The van der Waals surface area contributed by atoms with Crippen molar-refractivity contribution < 1.29 is 8.42 Å². The molecule has 1 heterocycles. The zero-order valence-corrected chi connectivity index (χ0v) is 10.7. The van der Waals surface area contributed by atoms with Crippen LogP contribution in [0.15, 0.2) is 41.8 Å². The number of hydrogen-bond acceptors (Lipinski definition) is 3. The lowest BCUT2D eigenvalue weighted by Crippen LogP contribution is -2.32. The van der Waals surface area contributed by atoms with Gasteiger partial charge in [0.15, 0.2) is 9.84 Å². The molecule has 0 bridgehead atoms. The lowest BCUT2D eigenvalue weighted by Gasteiger charge is -2.15. The number of benzene rings is 1. The number of nitrogens with one attached hydrogen (secondary N) is 1. The van der Waals surface area contributed by atoms with Crippen LogP contribution < -0.4 is 5.32 Å². The average Bonchev–Trinajstić information content (AvgIpc) is 2.67. The molecule has 2 unspecified atom stereocenters. The highest BCUT2D eigenvalue weighted by Gasteiger charge is 2.21. The van der Waals surface area contributed by atoms with Gasteiger partial charge in [0, 0.05) is 18.0 Å². The second kappa shape index (κ2) is 5.02. The summed E-state index contributed by atoms with van der Waals surface area (Å²) in [7, 11) is -2.95. The third-order valence-corrected chi connectivity index (χ3v) is 4.38. The third-order valence-electron chi connectivity index (χ3n) is 2.98. The molecular formula is C13H17NO2S. The Kier molecular flexibility index (Phi) is 3.64. The number of rotatable bonds is 4. The molecule has 0 saturated carbocycles. The zero-order valence-electron chi connectivity index (χ0n) is 9.84. The second-order valence-corrected chi connectivity index (χ2v) is 6.42. The first-order valence-corrected chi connectivity index (χ1v) is 7.48. The maximum atomic E-state index is 11.2. The van der Waals surface area contributed by atoms with Crippen molar-refractivity contribution in [1.29, 1.82) is 0 Å². The first kappa shape index (κ1) is 12.3. The molecule has 0 spiro atoms. The maximum Gasteiger partial charge on any atom is 0.173 e. The van der Waals surface area contributed by atoms with Gasteiger partial charge in [0.1, 0.15) is 0 Å². The van der Waals surface area contributed by atoms with E-state index in [1.165, 1.54) is 11.0 Å². The Morgan fingerprint density at radius 2 is 2.06 bits per heavy atom. The normalized spacial score (nSPS) is 23.7. The Morgan fingerprint density at radius 3 is 2.65 bits per heavy atom. The largest absolute Gasteiger partial charge is 0.309 e. The lowest BCUT2D eigenvalue weighted by molar-refractivity contribution is 0.569. The van der Waals surface area contributed by atoms with Crippen LogP contribution in [0, 0.1) is 0 Å². The molecule has 0 aliphatic carbocycles. The summed E-state index contributed by atoms with van der Waals surface area (Å²) in [6.07, 6.45) is 1.73. The highest BCUT2D eigenvalue weighted by molar-refractivity contribution is 7.94. The van der Waals surface area contributed by atoms with Crippen molar-refractivity contribution in [3.8, 4) is 0 Å². The minimum atomic E-state index is -2.95. The SMILES string of the molecule is CC(CNC1C=CS(=O)(=O)C1)c1ccccc1. The first-order valence-electron chi connectivity index (χ1n) is 5.76. The molecule has 2 atom stereocenters. The topological polar surface area (TPSA) is 46.2 Å². The van der Waals surface area contributed by atoms with E-state index in [-0.39, 0.29) is 11.8 Å². The predicted octanol–water partition coefficient (Wildman–Crippen LogP) is 1.69. The van der Waals surface area contributed by atoms with Gasteiger partial charge in [-0.1, -0.05) is 43.3 Å². The van der Waals surface area contributed by atoms with Gasteiger partial charge in [0.2, 0.25) is 0 Å². The lowest BCUT2D eigenvalue weighted by atomic mass is 10.0. The molecule has 1 N–H and O–H groups in total. The summed E-state index contributed by atoms with van der Waals surface area (Å²) in [6.45, 7) is 2.92. The van der Waals surface area contributed by atoms with E-state index in [9.17, 15) is 8.42 Å². The van der Waals surface area contributed by atoms with Crippen molar-refractivity contribution in [2.45, 2.75) is 18.9 Å². The molecule has 1 aliphatic rings. The molecule has 92 valence electrons. The zero-order chi connectivity index (χ0) is 12.3. The van der Waals surface area contributed by atoms with Crippen LogP contribution in [0.5, 0.6) is 0 Å². The van der Waals surface area contributed by atoms with Crippen LogP contribution in [0.3, 0.4) is 0 Å². The van der Waals surface area contributed by atoms with Crippen molar-refractivity contribution in [3.63, 3.8) is 0 Å². The summed E-state index contributed by atoms with van der Waals surface area (Å²) in [4.78, 5) is 0. The molecule has 1 aromatic carbocycles. The summed E-state index contributed by atoms with van der Waals surface area (Å²) in [5, 5.41) is 4.57. The molecule has 2 rings (SSSR count). The van der Waals surface area contributed by atoms with E-state index in [0.29, 0.717) is 5.92 Å². The van der Waals surface area contributed by atoms with Crippen LogP contribution in [-0.2, 0) is 9.84 Å². The minimum Gasteiger partial charge on any atom is -0.309 e. The quantitative estimate of drug-likeness (QED) is 0.886. The van der Waals surface area contributed by atoms with Crippen molar-refractivity contribution in [2.24, 2.45) is 0 Å². The molecule has 0 aromatic heterocycles. The van der Waals surface area contributed by atoms with E-state index < -0.39 is 9.84 Å². The van der Waals surface area contributed by atoms with E-state index in [2.05, 4.69) is 24.4 Å². The smallest absolute Gasteiger partial charge is 0.173 e. The van der Waals surface area contributed by atoms with Gasteiger partial charge in [-0.05, 0) is 11.5 Å². The van der Waals surface area contributed by atoms with Crippen molar-refractivity contribution >= 4 is 9.84 Å². The monoisotopic (exact) mass is 251 g/mol. The molecule has 1 aliphatic heterocycles. The fourth-order valence-electron chi connectivity index (χ4n) is 1.93. The average molecular weight is 251 g/mol. The van der Waals surface area contributed by atoms with Crippen LogP contribution in [0.4, 0.5) is 0 Å². The molecule has 0 radical (unpaired) electrons. The minimum absolute atomic E-state index is 0.0360. The predicted molar refractivity (Wildman–Crippen MR) is 69.6 cm³/mol.